The number of anilines is 1. The first-order valence-corrected chi connectivity index (χ1v) is 10.9. The van der Waals surface area contributed by atoms with Crippen molar-refractivity contribution in [3.8, 4) is 0 Å². The number of fused-ring (bicyclic) bond motifs is 1. The number of carbonyl (C=O) groups is 2. The Balaban J connectivity index is 1.37. The van der Waals surface area contributed by atoms with Gasteiger partial charge in [0.05, 0.1) is 5.92 Å². The van der Waals surface area contributed by atoms with Gasteiger partial charge in [-0.1, -0.05) is 22.0 Å². The van der Waals surface area contributed by atoms with Gasteiger partial charge in [0.1, 0.15) is 0 Å². The van der Waals surface area contributed by atoms with E-state index in [-0.39, 0.29) is 29.7 Å². The number of hydrogen-bond donors (Lipinski definition) is 1. The molecular weight excluding hydrogens is 456 g/mol. The molecule has 0 bridgehead atoms. The molecule has 0 aliphatic carbocycles. The van der Waals surface area contributed by atoms with Crippen LogP contribution in [0, 0.1) is 12.8 Å². The Morgan fingerprint density at radius 2 is 2.17 bits per heavy atom. The van der Waals surface area contributed by atoms with Gasteiger partial charge in [-0.25, -0.2) is 4.98 Å². The molecule has 3 heterocycles. The summed E-state index contributed by atoms with van der Waals surface area (Å²) in [5, 5.41) is 4.80. The molecule has 7 nitrogen and oxygen atoms in total. The lowest BCUT2D eigenvalue weighted by Gasteiger charge is -2.17. The second-order valence-electron chi connectivity index (χ2n) is 7.01. The predicted octanol–water partition coefficient (Wildman–Crippen LogP) is 2.54. The molecule has 1 fully saturated rings. The number of carbonyl (C=O) groups excluding carboxylic acids is 2. The van der Waals surface area contributed by atoms with E-state index >= 15 is 0 Å². The van der Waals surface area contributed by atoms with Crippen molar-refractivity contribution in [1.82, 2.24) is 14.7 Å². The number of amides is 2. The van der Waals surface area contributed by atoms with Crippen LogP contribution in [-0.4, -0.2) is 34.3 Å². The van der Waals surface area contributed by atoms with E-state index in [9.17, 15) is 14.4 Å². The van der Waals surface area contributed by atoms with E-state index in [0.29, 0.717) is 30.2 Å². The second kappa shape index (κ2) is 8.08. The molecule has 29 heavy (non-hydrogen) atoms. The lowest BCUT2D eigenvalue weighted by Crippen LogP contribution is -2.34. The Hall–Kier alpha value is -2.52. The minimum absolute atomic E-state index is 0.0555. The molecule has 150 valence electrons. The van der Waals surface area contributed by atoms with Crippen molar-refractivity contribution in [2.45, 2.75) is 19.8 Å². The highest BCUT2D eigenvalue weighted by Crippen LogP contribution is 2.27. The molecule has 0 saturated carbocycles. The molecule has 1 aliphatic heterocycles. The fraction of sp³-hybridized carbons (Fsp3) is 0.300. The summed E-state index contributed by atoms with van der Waals surface area (Å²) in [6.07, 6.45) is 0.717. The van der Waals surface area contributed by atoms with Crippen LogP contribution >= 0.6 is 27.3 Å². The van der Waals surface area contributed by atoms with Crippen LogP contribution in [0.2, 0.25) is 0 Å². The van der Waals surface area contributed by atoms with Gasteiger partial charge in [0.15, 0.2) is 4.96 Å². The summed E-state index contributed by atoms with van der Waals surface area (Å²) in [5.74, 6) is -0.579. The number of nitrogens with one attached hydrogen (secondary N) is 1. The number of halogens is 1. The van der Waals surface area contributed by atoms with Crippen molar-refractivity contribution < 1.29 is 9.59 Å². The summed E-state index contributed by atoms with van der Waals surface area (Å²) in [6.45, 7) is 2.55. The Morgan fingerprint density at radius 1 is 1.34 bits per heavy atom. The van der Waals surface area contributed by atoms with Gasteiger partial charge in [-0.3, -0.25) is 18.8 Å². The number of nitrogens with zero attached hydrogens (tertiary/aromatic N) is 3. The smallest absolute Gasteiger partial charge is 0.258 e. The molecule has 0 radical (unpaired) electrons. The fourth-order valence-electron chi connectivity index (χ4n) is 3.49. The predicted molar refractivity (Wildman–Crippen MR) is 115 cm³/mol. The largest absolute Gasteiger partial charge is 0.355 e. The molecule has 1 N–H and O–H groups in total. The van der Waals surface area contributed by atoms with Gasteiger partial charge in [0, 0.05) is 58.9 Å². The molecule has 1 saturated heterocycles. The molecule has 3 aromatic rings. The third-order valence-corrected chi connectivity index (χ3v) is 6.27. The topological polar surface area (TPSA) is 83.8 Å². The highest BCUT2D eigenvalue weighted by molar-refractivity contribution is 9.10. The molecule has 1 aromatic carbocycles. The number of aromatic nitrogens is 2. The summed E-state index contributed by atoms with van der Waals surface area (Å²) in [6, 6.07) is 8.99. The number of benzene rings is 1. The molecule has 2 aromatic heterocycles. The van der Waals surface area contributed by atoms with Crippen molar-refractivity contribution in [3.63, 3.8) is 0 Å². The maximum atomic E-state index is 12.6. The van der Waals surface area contributed by atoms with E-state index < -0.39 is 0 Å². The first-order valence-electron chi connectivity index (χ1n) is 9.23. The average molecular weight is 475 g/mol. The van der Waals surface area contributed by atoms with Gasteiger partial charge in [0.25, 0.3) is 5.56 Å². The highest BCUT2D eigenvalue weighted by atomic mass is 79.9. The van der Waals surface area contributed by atoms with Gasteiger partial charge in [-0.15, -0.1) is 11.3 Å². The quantitative estimate of drug-likeness (QED) is 0.615. The average Bonchev–Trinajstić information content (AvgIpc) is 3.25. The van der Waals surface area contributed by atoms with Crippen molar-refractivity contribution in [3.05, 3.63) is 61.9 Å². The molecule has 1 aliphatic rings. The van der Waals surface area contributed by atoms with E-state index in [2.05, 4.69) is 26.2 Å². The minimum atomic E-state index is -0.382. The Kier molecular flexibility index (Phi) is 5.51. The zero-order valence-electron chi connectivity index (χ0n) is 15.7. The van der Waals surface area contributed by atoms with Crippen LogP contribution < -0.4 is 15.8 Å². The van der Waals surface area contributed by atoms with Crippen LogP contribution in [0.15, 0.2) is 45.0 Å². The number of aryl methyl sites for hydroxylation is 1. The van der Waals surface area contributed by atoms with Gasteiger partial charge in [-0.2, -0.15) is 0 Å². The van der Waals surface area contributed by atoms with Gasteiger partial charge in [0.2, 0.25) is 11.8 Å². The molecule has 4 rings (SSSR count). The molecule has 1 atom stereocenters. The lowest BCUT2D eigenvalue weighted by molar-refractivity contribution is -0.126. The first kappa shape index (κ1) is 19.8. The van der Waals surface area contributed by atoms with Crippen LogP contribution in [0.4, 0.5) is 5.69 Å². The summed E-state index contributed by atoms with van der Waals surface area (Å²) in [7, 11) is 0. The monoisotopic (exact) mass is 474 g/mol. The SMILES string of the molecule is Cc1cc(=O)n2c(CCNC(=O)C3CC(=O)N(c4cccc(Br)c4)C3)csc2n1. The van der Waals surface area contributed by atoms with Crippen LogP contribution in [0.3, 0.4) is 0 Å². The van der Waals surface area contributed by atoms with Crippen molar-refractivity contribution >= 4 is 49.7 Å². The summed E-state index contributed by atoms with van der Waals surface area (Å²) in [4.78, 5) is 43.8. The van der Waals surface area contributed by atoms with Gasteiger partial charge in [-0.05, 0) is 25.1 Å². The van der Waals surface area contributed by atoms with Crippen LogP contribution in [0.25, 0.3) is 4.96 Å². The third kappa shape index (κ3) is 4.11. The van der Waals surface area contributed by atoms with Crippen LogP contribution in [-0.2, 0) is 16.0 Å². The molecule has 1 unspecified atom stereocenters. The first-order chi connectivity index (χ1) is 13.9. The highest BCUT2D eigenvalue weighted by Gasteiger charge is 2.35. The normalized spacial score (nSPS) is 16.6. The van der Waals surface area contributed by atoms with Crippen molar-refractivity contribution in [1.29, 1.82) is 0 Å². The Morgan fingerprint density at radius 3 is 2.97 bits per heavy atom. The van der Waals surface area contributed by atoms with E-state index in [0.717, 1.165) is 15.9 Å². The van der Waals surface area contributed by atoms with Gasteiger partial charge >= 0.3 is 0 Å². The molecule has 9 heteroatoms. The fourth-order valence-corrected chi connectivity index (χ4v) is 4.85. The standard InChI is InChI=1S/C20H19BrN4O3S/c1-12-7-18(27)25-16(11-29-20(25)23-12)5-6-22-19(28)13-8-17(26)24(10-13)15-4-2-3-14(21)9-15/h2-4,7,9,11,13H,5-6,8,10H2,1H3,(H,22,28). The molecular formula is C20H19BrN4O3S. The van der Waals surface area contributed by atoms with Crippen molar-refractivity contribution in [2.24, 2.45) is 5.92 Å². The maximum Gasteiger partial charge on any atom is 0.258 e. The summed E-state index contributed by atoms with van der Waals surface area (Å²) in [5.41, 5.74) is 2.19. The van der Waals surface area contributed by atoms with Crippen molar-refractivity contribution in [2.75, 3.05) is 18.0 Å². The van der Waals surface area contributed by atoms with E-state index in [4.69, 9.17) is 0 Å². The maximum absolute atomic E-state index is 12.6. The van der Waals surface area contributed by atoms with Crippen LogP contribution in [0.1, 0.15) is 17.8 Å². The summed E-state index contributed by atoms with van der Waals surface area (Å²) < 4.78 is 2.47. The Bertz CT molecular complexity index is 1160. The zero-order chi connectivity index (χ0) is 20.5. The van der Waals surface area contributed by atoms with E-state index in [1.165, 1.54) is 17.4 Å². The van der Waals surface area contributed by atoms with E-state index in [1.807, 2.05) is 29.6 Å². The van der Waals surface area contributed by atoms with Crippen LogP contribution in [0.5, 0.6) is 0 Å². The van der Waals surface area contributed by atoms with E-state index in [1.54, 1.807) is 16.2 Å². The Labute approximate surface area is 179 Å². The number of hydrogen-bond acceptors (Lipinski definition) is 5. The number of thiazole rings is 1. The minimum Gasteiger partial charge on any atom is -0.355 e. The second-order valence-corrected chi connectivity index (χ2v) is 8.76. The lowest BCUT2D eigenvalue weighted by atomic mass is 10.1. The van der Waals surface area contributed by atoms with Gasteiger partial charge < -0.3 is 10.2 Å². The molecule has 2 amide bonds. The third-order valence-electron chi connectivity index (χ3n) is 4.90. The zero-order valence-corrected chi connectivity index (χ0v) is 18.1. The number of rotatable bonds is 5. The molecule has 0 spiro atoms. The summed E-state index contributed by atoms with van der Waals surface area (Å²) >= 11 is 4.82.